The Hall–Kier alpha value is -2.36. The van der Waals surface area contributed by atoms with Gasteiger partial charge in [0.15, 0.2) is 0 Å². The highest BCUT2D eigenvalue weighted by molar-refractivity contribution is 5.82. The molecule has 0 unspecified atom stereocenters. The molecule has 0 spiro atoms. The monoisotopic (exact) mass is 281 g/mol. The molecule has 4 nitrogen and oxygen atoms in total. The van der Waals surface area contributed by atoms with Crippen LogP contribution in [0, 0.1) is 0 Å². The Morgan fingerprint density at radius 2 is 2.05 bits per heavy atom. The van der Waals surface area contributed by atoms with Crippen LogP contribution >= 0.6 is 0 Å². The molecule has 3 rings (SSSR count). The van der Waals surface area contributed by atoms with Crippen LogP contribution in [-0.2, 0) is 6.42 Å². The standard InChI is InChI=1S/C17H19N3O/c1-3-4-7-12-10-18-11-14-16(12)20-17(19-14)13-8-5-6-9-15(13)21-2/h5-6,8-11H,3-4,7H2,1-2H3,(H,19,20). The Bertz CT molecular complexity index is 749. The molecule has 0 saturated heterocycles. The number of nitrogens with zero attached hydrogens (tertiary/aromatic N) is 2. The molecule has 2 aromatic heterocycles. The highest BCUT2D eigenvalue weighted by Crippen LogP contribution is 2.29. The number of hydrogen-bond acceptors (Lipinski definition) is 3. The minimum atomic E-state index is 0.819. The molecule has 0 saturated carbocycles. The smallest absolute Gasteiger partial charge is 0.142 e. The van der Waals surface area contributed by atoms with E-state index >= 15 is 0 Å². The number of imidazole rings is 1. The first kappa shape index (κ1) is 13.6. The zero-order chi connectivity index (χ0) is 14.7. The summed E-state index contributed by atoms with van der Waals surface area (Å²) >= 11 is 0. The lowest BCUT2D eigenvalue weighted by Gasteiger charge is -2.04. The number of aryl methyl sites for hydroxylation is 1. The predicted octanol–water partition coefficient (Wildman–Crippen LogP) is 3.98. The lowest BCUT2D eigenvalue weighted by atomic mass is 10.1. The molecule has 0 bridgehead atoms. The normalized spacial score (nSPS) is 11.0. The maximum Gasteiger partial charge on any atom is 0.142 e. The number of fused-ring (bicyclic) bond motifs is 1. The van der Waals surface area contributed by atoms with Crippen molar-refractivity contribution in [1.29, 1.82) is 0 Å². The summed E-state index contributed by atoms with van der Waals surface area (Å²) in [5.41, 5.74) is 4.18. The third-order valence-corrected chi connectivity index (χ3v) is 3.64. The largest absolute Gasteiger partial charge is 0.496 e. The third-order valence-electron chi connectivity index (χ3n) is 3.64. The molecule has 0 radical (unpaired) electrons. The Morgan fingerprint density at radius 1 is 1.19 bits per heavy atom. The third kappa shape index (κ3) is 2.61. The lowest BCUT2D eigenvalue weighted by molar-refractivity contribution is 0.416. The fourth-order valence-electron chi connectivity index (χ4n) is 2.51. The molecule has 2 heterocycles. The average Bonchev–Trinajstić information content (AvgIpc) is 2.97. The van der Waals surface area contributed by atoms with Crippen molar-refractivity contribution < 1.29 is 4.74 Å². The van der Waals surface area contributed by atoms with E-state index in [4.69, 9.17) is 4.74 Å². The molecular weight excluding hydrogens is 262 g/mol. The van der Waals surface area contributed by atoms with Crippen molar-refractivity contribution in [3.63, 3.8) is 0 Å². The van der Waals surface area contributed by atoms with Crippen LogP contribution in [0.1, 0.15) is 25.3 Å². The molecule has 0 aliphatic rings. The second-order valence-corrected chi connectivity index (χ2v) is 5.08. The van der Waals surface area contributed by atoms with Crippen LogP contribution in [0.15, 0.2) is 36.7 Å². The second kappa shape index (κ2) is 5.95. The van der Waals surface area contributed by atoms with Crippen molar-refractivity contribution in [3.05, 3.63) is 42.2 Å². The Kier molecular flexibility index (Phi) is 3.86. The topological polar surface area (TPSA) is 50.8 Å². The number of aromatic amines is 1. The second-order valence-electron chi connectivity index (χ2n) is 5.08. The highest BCUT2D eigenvalue weighted by Gasteiger charge is 2.12. The molecule has 0 fully saturated rings. The number of aromatic nitrogens is 3. The van der Waals surface area contributed by atoms with Crippen molar-refractivity contribution in [2.45, 2.75) is 26.2 Å². The number of methoxy groups -OCH3 is 1. The molecule has 0 aliphatic heterocycles. The van der Waals surface area contributed by atoms with Gasteiger partial charge in [-0.1, -0.05) is 25.5 Å². The summed E-state index contributed by atoms with van der Waals surface area (Å²) in [6.07, 6.45) is 7.09. The Balaban J connectivity index is 2.08. The molecule has 4 heteroatoms. The van der Waals surface area contributed by atoms with Crippen molar-refractivity contribution >= 4 is 11.0 Å². The van der Waals surface area contributed by atoms with E-state index in [-0.39, 0.29) is 0 Å². The quantitative estimate of drug-likeness (QED) is 0.769. The van der Waals surface area contributed by atoms with Crippen LogP contribution in [-0.4, -0.2) is 22.1 Å². The predicted molar refractivity (Wildman–Crippen MR) is 84.5 cm³/mol. The van der Waals surface area contributed by atoms with E-state index in [0.29, 0.717) is 0 Å². The van der Waals surface area contributed by atoms with Gasteiger partial charge in [-0.2, -0.15) is 0 Å². The summed E-state index contributed by atoms with van der Waals surface area (Å²) in [6, 6.07) is 7.90. The van der Waals surface area contributed by atoms with Gasteiger partial charge < -0.3 is 9.72 Å². The number of nitrogens with one attached hydrogen (secondary N) is 1. The van der Waals surface area contributed by atoms with E-state index in [1.54, 1.807) is 13.3 Å². The van der Waals surface area contributed by atoms with E-state index in [9.17, 15) is 0 Å². The summed E-state index contributed by atoms with van der Waals surface area (Å²) < 4.78 is 5.42. The van der Waals surface area contributed by atoms with Gasteiger partial charge in [-0.05, 0) is 30.5 Å². The van der Waals surface area contributed by atoms with E-state index in [2.05, 4.69) is 21.9 Å². The van der Waals surface area contributed by atoms with Gasteiger partial charge in [0, 0.05) is 6.20 Å². The zero-order valence-electron chi connectivity index (χ0n) is 12.4. The van der Waals surface area contributed by atoms with Gasteiger partial charge in [-0.15, -0.1) is 0 Å². The summed E-state index contributed by atoms with van der Waals surface area (Å²) in [7, 11) is 1.68. The van der Waals surface area contributed by atoms with Crippen molar-refractivity contribution in [2.75, 3.05) is 7.11 Å². The fourth-order valence-corrected chi connectivity index (χ4v) is 2.51. The number of unbranched alkanes of at least 4 members (excludes halogenated alkanes) is 1. The molecule has 0 atom stereocenters. The Morgan fingerprint density at radius 3 is 2.86 bits per heavy atom. The molecule has 0 amide bonds. The van der Waals surface area contributed by atoms with Crippen LogP contribution in [0.3, 0.4) is 0 Å². The number of benzene rings is 1. The van der Waals surface area contributed by atoms with Gasteiger partial charge in [0.1, 0.15) is 17.1 Å². The van der Waals surface area contributed by atoms with Crippen LogP contribution in [0.4, 0.5) is 0 Å². The lowest BCUT2D eigenvalue weighted by Crippen LogP contribution is -1.89. The SMILES string of the molecule is CCCCc1cncc2nc(-c3ccccc3OC)[nH]c12. The maximum absolute atomic E-state index is 5.42. The number of ether oxygens (including phenoxy) is 1. The van der Waals surface area contributed by atoms with E-state index in [1.807, 2.05) is 30.5 Å². The molecule has 108 valence electrons. The number of pyridine rings is 1. The Labute approximate surface area is 124 Å². The first-order valence-corrected chi connectivity index (χ1v) is 7.29. The fraction of sp³-hybridized carbons (Fsp3) is 0.294. The van der Waals surface area contributed by atoms with Crippen LogP contribution in [0.5, 0.6) is 5.75 Å². The van der Waals surface area contributed by atoms with Crippen LogP contribution < -0.4 is 4.74 Å². The van der Waals surface area contributed by atoms with Crippen molar-refractivity contribution in [2.24, 2.45) is 0 Å². The van der Waals surface area contributed by atoms with Gasteiger partial charge in [-0.25, -0.2) is 4.98 Å². The molecule has 3 aromatic rings. The molecule has 0 aliphatic carbocycles. The van der Waals surface area contributed by atoms with Gasteiger partial charge in [0.05, 0.1) is 24.4 Å². The van der Waals surface area contributed by atoms with Crippen molar-refractivity contribution in [1.82, 2.24) is 15.0 Å². The zero-order valence-corrected chi connectivity index (χ0v) is 12.4. The number of para-hydroxylation sites is 1. The molecule has 21 heavy (non-hydrogen) atoms. The maximum atomic E-state index is 5.42. The van der Waals surface area contributed by atoms with Crippen LogP contribution in [0.25, 0.3) is 22.4 Å². The molecule has 1 aromatic carbocycles. The van der Waals surface area contributed by atoms with Gasteiger partial charge in [-0.3, -0.25) is 4.98 Å². The summed E-state index contributed by atoms with van der Waals surface area (Å²) in [5, 5.41) is 0. The minimum absolute atomic E-state index is 0.819. The first-order valence-electron chi connectivity index (χ1n) is 7.29. The highest BCUT2D eigenvalue weighted by atomic mass is 16.5. The van der Waals surface area contributed by atoms with Gasteiger partial charge in [0.25, 0.3) is 0 Å². The van der Waals surface area contributed by atoms with Gasteiger partial charge in [0.2, 0.25) is 0 Å². The summed E-state index contributed by atoms with van der Waals surface area (Å²) in [6.45, 7) is 2.20. The number of H-pyrrole nitrogens is 1. The average molecular weight is 281 g/mol. The summed E-state index contributed by atoms with van der Waals surface area (Å²) in [4.78, 5) is 12.4. The van der Waals surface area contributed by atoms with E-state index in [0.717, 1.165) is 41.0 Å². The number of rotatable bonds is 5. The minimum Gasteiger partial charge on any atom is -0.496 e. The van der Waals surface area contributed by atoms with Crippen molar-refractivity contribution in [3.8, 4) is 17.1 Å². The van der Waals surface area contributed by atoms with E-state index < -0.39 is 0 Å². The molecular formula is C17H19N3O. The first-order chi connectivity index (χ1) is 10.3. The van der Waals surface area contributed by atoms with Crippen LogP contribution in [0.2, 0.25) is 0 Å². The van der Waals surface area contributed by atoms with E-state index in [1.165, 1.54) is 12.0 Å². The van der Waals surface area contributed by atoms with Gasteiger partial charge >= 0.3 is 0 Å². The number of hydrogen-bond donors (Lipinski definition) is 1. The molecule has 1 N–H and O–H groups in total. The summed E-state index contributed by atoms with van der Waals surface area (Å²) in [5.74, 6) is 1.65.